The van der Waals surface area contributed by atoms with Crippen molar-refractivity contribution in [3.8, 4) is 11.3 Å². The Bertz CT molecular complexity index is 538. The number of hydrogen-bond acceptors (Lipinski definition) is 3. The SMILES string of the molecule is O=C(O)c1[nH]c(=O)oc1-c1ccccc1. The van der Waals surface area contributed by atoms with Gasteiger partial charge < -0.3 is 9.52 Å². The number of aromatic nitrogens is 1. The summed E-state index contributed by atoms with van der Waals surface area (Å²) in [5, 5.41) is 8.81. The van der Waals surface area contributed by atoms with E-state index < -0.39 is 11.7 Å². The average Bonchev–Trinajstić information content (AvgIpc) is 2.62. The molecule has 0 aliphatic heterocycles. The normalized spacial score (nSPS) is 10.1. The first-order valence-electron chi connectivity index (χ1n) is 4.20. The predicted molar refractivity (Wildman–Crippen MR) is 51.7 cm³/mol. The van der Waals surface area contributed by atoms with Gasteiger partial charge in [0.25, 0.3) is 0 Å². The van der Waals surface area contributed by atoms with Crippen molar-refractivity contribution in [2.75, 3.05) is 0 Å². The van der Waals surface area contributed by atoms with Gasteiger partial charge in [0.15, 0.2) is 11.5 Å². The number of hydrogen-bond donors (Lipinski definition) is 2. The highest BCUT2D eigenvalue weighted by molar-refractivity contribution is 5.91. The topological polar surface area (TPSA) is 83.3 Å². The van der Waals surface area contributed by atoms with E-state index in [9.17, 15) is 9.59 Å². The number of rotatable bonds is 2. The zero-order valence-electron chi connectivity index (χ0n) is 7.56. The second-order valence-corrected chi connectivity index (χ2v) is 2.89. The quantitative estimate of drug-likeness (QED) is 0.774. The molecule has 5 heteroatoms. The highest BCUT2D eigenvalue weighted by Gasteiger charge is 2.17. The molecule has 0 radical (unpaired) electrons. The Kier molecular flexibility index (Phi) is 2.13. The third-order valence-corrected chi connectivity index (χ3v) is 1.90. The van der Waals surface area contributed by atoms with E-state index in [2.05, 4.69) is 4.98 Å². The van der Waals surface area contributed by atoms with Gasteiger partial charge in [-0.1, -0.05) is 30.3 Å². The van der Waals surface area contributed by atoms with E-state index in [0.29, 0.717) is 5.56 Å². The molecule has 0 fully saturated rings. The van der Waals surface area contributed by atoms with Gasteiger partial charge in [-0.25, -0.2) is 9.59 Å². The Morgan fingerprint density at radius 1 is 1.27 bits per heavy atom. The van der Waals surface area contributed by atoms with Gasteiger partial charge >= 0.3 is 11.7 Å². The van der Waals surface area contributed by atoms with E-state index in [-0.39, 0.29) is 11.5 Å². The molecule has 0 aliphatic carbocycles. The third kappa shape index (κ3) is 1.67. The first-order chi connectivity index (χ1) is 7.18. The minimum absolute atomic E-state index is 0.0492. The largest absolute Gasteiger partial charge is 0.476 e. The van der Waals surface area contributed by atoms with Crippen molar-refractivity contribution in [3.63, 3.8) is 0 Å². The van der Waals surface area contributed by atoms with E-state index in [1.807, 2.05) is 0 Å². The minimum Gasteiger partial charge on any atom is -0.476 e. The molecule has 5 nitrogen and oxygen atoms in total. The number of aromatic carboxylic acids is 1. The number of aromatic amines is 1. The van der Waals surface area contributed by atoms with Gasteiger partial charge in [-0.2, -0.15) is 0 Å². The maximum Gasteiger partial charge on any atom is 0.417 e. The summed E-state index contributed by atoms with van der Waals surface area (Å²) < 4.78 is 4.77. The van der Waals surface area contributed by atoms with Crippen LogP contribution < -0.4 is 5.76 Å². The summed E-state index contributed by atoms with van der Waals surface area (Å²) >= 11 is 0. The Balaban J connectivity index is 2.63. The van der Waals surface area contributed by atoms with E-state index in [1.54, 1.807) is 30.3 Å². The zero-order valence-corrected chi connectivity index (χ0v) is 7.56. The van der Waals surface area contributed by atoms with Crippen LogP contribution >= 0.6 is 0 Å². The lowest BCUT2D eigenvalue weighted by Gasteiger charge is -1.96. The molecule has 0 aliphatic rings. The smallest absolute Gasteiger partial charge is 0.417 e. The summed E-state index contributed by atoms with van der Waals surface area (Å²) in [5.74, 6) is -1.95. The molecular weight excluding hydrogens is 198 g/mol. The number of carboxylic acids is 1. The van der Waals surface area contributed by atoms with Gasteiger partial charge in [0.1, 0.15) is 0 Å². The average molecular weight is 205 g/mol. The molecular formula is C10H7NO4. The molecule has 0 amide bonds. The molecule has 0 saturated heterocycles. The van der Waals surface area contributed by atoms with Gasteiger partial charge in [-0.05, 0) is 0 Å². The Morgan fingerprint density at radius 3 is 2.53 bits per heavy atom. The van der Waals surface area contributed by atoms with Crippen LogP contribution in [-0.4, -0.2) is 16.1 Å². The maximum atomic E-state index is 10.9. The summed E-state index contributed by atoms with van der Waals surface area (Å²) in [5.41, 5.74) is 0.319. The number of carboxylic acid groups (broad SMARTS) is 1. The highest BCUT2D eigenvalue weighted by Crippen LogP contribution is 2.20. The molecule has 0 atom stereocenters. The fourth-order valence-corrected chi connectivity index (χ4v) is 1.27. The van der Waals surface area contributed by atoms with Crippen LogP contribution in [0.25, 0.3) is 11.3 Å². The molecule has 1 aromatic carbocycles. The standard InChI is InChI=1S/C10H7NO4/c12-9(13)7-8(15-10(14)11-7)6-4-2-1-3-5-6/h1-5H,(H,11,14)(H,12,13). The van der Waals surface area contributed by atoms with Crippen LogP contribution in [0.1, 0.15) is 10.5 Å². The van der Waals surface area contributed by atoms with Crippen molar-refractivity contribution in [2.24, 2.45) is 0 Å². The van der Waals surface area contributed by atoms with Gasteiger partial charge in [-0.3, -0.25) is 4.98 Å². The first-order valence-corrected chi connectivity index (χ1v) is 4.20. The second-order valence-electron chi connectivity index (χ2n) is 2.89. The Morgan fingerprint density at radius 2 is 1.93 bits per heavy atom. The van der Waals surface area contributed by atoms with Crippen molar-refractivity contribution in [2.45, 2.75) is 0 Å². The van der Waals surface area contributed by atoms with Crippen molar-refractivity contribution >= 4 is 5.97 Å². The number of oxazole rings is 1. The van der Waals surface area contributed by atoms with Crippen molar-refractivity contribution in [1.82, 2.24) is 4.98 Å². The summed E-state index contributed by atoms with van der Waals surface area (Å²) in [4.78, 5) is 23.8. The highest BCUT2D eigenvalue weighted by atomic mass is 16.4. The third-order valence-electron chi connectivity index (χ3n) is 1.90. The molecule has 2 rings (SSSR count). The fourth-order valence-electron chi connectivity index (χ4n) is 1.27. The van der Waals surface area contributed by atoms with E-state index in [1.165, 1.54) is 0 Å². The van der Waals surface area contributed by atoms with E-state index >= 15 is 0 Å². The summed E-state index contributed by atoms with van der Waals surface area (Å²) in [6, 6.07) is 8.58. The lowest BCUT2D eigenvalue weighted by atomic mass is 10.1. The van der Waals surface area contributed by atoms with E-state index in [0.717, 1.165) is 0 Å². The minimum atomic E-state index is -1.22. The van der Waals surface area contributed by atoms with Crippen molar-refractivity contribution in [1.29, 1.82) is 0 Å². The molecule has 0 bridgehead atoms. The van der Waals surface area contributed by atoms with Crippen LogP contribution in [0.5, 0.6) is 0 Å². The molecule has 15 heavy (non-hydrogen) atoms. The van der Waals surface area contributed by atoms with Gasteiger partial charge in [-0.15, -0.1) is 0 Å². The van der Waals surface area contributed by atoms with Gasteiger partial charge in [0.05, 0.1) is 0 Å². The summed E-state index contributed by atoms with van der Waals surface area (Å²) in [7, 11) is 0. The predicted octanol–water partition coefficient (Wildman–Crippen LogP) is 1.33. The summed E-state index contributed by atoms with van der Waals surface area (Å²) in [6.07, 6.45) is 0. The van der Waals surface area contributed by atoms with Crippen LogP contribution in [0, 0.1) is 0 Å². The molecule has 0 unspecified atom stereocenters. The lowest BCUT2D eigenvalue weighted by molar-refractivity contribution is 0.0691. The fraction of sp³-hybridized carbons (Fsp3) is 0. The number of nitrogens with one attached hydrogen (secondary N) is 1. The molecule has 1 aromatic heterocycles. The van der Waals surface area contributed by atoms with Crippen LogP contribution in [-0.2, 0) is 0 Å². The van der Waals surface area contributed by atoms with Crippen LogP contribution in [0.15, 0.2) is 39.5 Å². The number of benzene rings is 1. The molecule has 0 saturated carbocycles. The van der Waals surface area contributed by atoms with Crippen molar-refractivity contribution in [3.05, 3.63) is 46.6 Å². The molecule has 76 valence electrons. The first kappa shape index (κ1) is 9.26. The van der Waals surface area contributed by atoms with Crippen LogP contribution in [0.4, 0.5) is 0 Å². The summed E-state index contributed by atoms with van der Waals surface area (Å²) in [6.45, 7) is 0. The second kappa shape index (κ2) is 3.45. The Labute approximate surface area is 84.0 Å². The monoisotopic (exact) mass is 205 g/mol. The molecule has 2 aromatic rings. The number of H-pyrrole nitrogens is 1. The molecule has 1 heterocycles. The van der Waals surface area contributed by atoms with Gasteiger partial charge in [0.2, 0.25) is 0 Å². The lowest BCUT2D eigenvalue weighted by Crippen LogP contribution is -2.02. The van der Waals surface area contributed by atoms with Gasteiger partial charge in [0, 0.05) is 5.56 Å². The van der Waals surface area contributed by atoms with E-state index in [4.69, 9.17) is 9.52 Å². The zero-order chi connectivity index (χ0) is 10.8. The number of carbonyl (C=O) groups is 1. The van der Waals surface area contributed by atoms with Crippen LogP contribution in [0.3, 0.4) is 0 Å². The Hall–Kier alpha value is -2.30. The van der Waals surface area contributed by atoms with Crippen molar-refractivity contribution < 1.29 is 14.3 Å². The van der Waals surface area contributed by atoms with Crippen LogP contribution in [0.2, 0.25) is 0 Å². The molecule has 2 N–H and O–H groups in total. The maximum absolute atomic E-state index is 10.9. The molecule has 0 spiro atoms.